The molecule has 1 saturated carbocycles. The van der Waals surface area contributed by atoms with Gasteiger partial charge in [-0.3, -0.25) is 0 Å². The van der Waals surface area contributed by atoms with Gasteiger partial charge in [-0.05, 0) is 25.8 Å². The lowest BCUT2D eigenvalue weighted by Gasteiger charge is -2.47. The Morgan fingerprint density at radius 3 is 1.79 bits per heavy atom. The molecule has 0 heterocycles. The average Bonchev–Trinajstić information content (AvgIpc) is 1.93. The standard InChI is InChI=1S/C8H12F5N/c9-7(10,8(11,12)13)6(4-5-14)2-1-3-6/h1-5,14H2. The van der Waals surface area contributed by atoms with E-state index in [4.69, 9.17) is 5.73 Å². The molecular weight excluding hydrogens is 205 g/mol. The summed E-state index contributed by atoms with van der Waals surface area (Å²) in [6.45, 7) is -0.133. The van der Waals surface area contributed by atoms with Gasteiger partial charge in [0.2, 0.25) is 0 Å². The maximum absolute atomic E-state index is 13.0. The summed E-state index contributed by atoms with van der Waals surface area (Å²) in [7, 11) is 0. The molecular formula is C8H12F5N. The summed E-state index contributed by atoms with van der Waals surface area (Å²) in [6, 6.07) is 0. The summed E-state index contributed by atoms with van der Waals surface area (Å²) in [5, 5.41) is 0. The normalized spacial score (nSPS) is 21.9. The fourth-order valence-electron chi connectivity index (χ4n) is 1.90. The second kappa shape index (κ2) is 3.32. The Bertz CT molecular complexity index is 206. The number of hydrogen-bond donors (Lipinski definition) is 1. The van der Waals surface area contributed by atoms with Gasteiger partial charge in [0, 0.05) is 5.41 Å². The largest absolute Gasteiger partial charge is 0.453 e. The highest BCUT2D eigenvalue weighted by molar-refractivity contribution is 5.02. The van der Waals surface area contributed by atoms with Gasteiger partial charge in [-0.25, -0.2) is 0 Å². The Kier molecular flexibility index (Phi) is 2.77. The molecule has 14 heavy (non-hydrogen) atoms. The van der Waals surface area contributed by atoms with Crippen molar-refractivity contribution in [3.05, 3.63) is 0 Å². The average molecular weight is 217 g/mol. The van der Waals surface area contributed by atoms with E-state index in [0.717, 1.165) is 0 Å². The maximum Gasteiger partial charge on any atom is 0.453 e. The van der Waals surface area contributed by atoms with Gasteiger partial charge in [0.1, 0.15) is 0 Å². The van der Waals surface area contributed by atoms with Gasteiger partial charge >= 0.3 is 12.1 Å². The van der Waals surface area contributed by atoms with Crippen molar-refractivity contribution in [2.75, 3.05) is 6.54 Å². The molecule has 1 nitrogen and oxygen atoms in total. The molecule has 0 unspecified atom stereocenters. The summed E-state index contributed by atoms with van der Waals surface area (Å²) in [5.41, 5.74) is 3.13. The molecule has 1 fully saturated rings. The second-order valence-electron chi connectivity index (χ2n) is 3.74. The first kappa shape index (κ1) is 11.7. The first-order valence-electron chi connectivity index (χ1n) is 4.41. The highest BCUT2D eigenvalue weighted by Crippen LogP contribution is 2.59. The quantitative estimate of drug-likeness (QED) is 0.722. The Hall–Kier alpha value is -0.390. The van der Waals surface area contributed by atoms with Crippen LogP contribution in [0.15, 0.2) is 0 Å². The Morgan fingerprint density at radius 2 is 1.57 bits per heavy atom. The summed E-state index contributed by atoms with van der Waals surface area (Å²) in [6.07, 6.45) is -5.47. The maximum atomic E-state index is 13.0. The van der Waals surface area contributed by atoms with E-state index < -0.39 is 17.5 Å². The first-order chi connectivity index (χ1) is 6.27. The van der Waals surface area contributed by atoms with Gasteiger partial charge in [-0.1, -0.05) is 6.42 Å². The number of nitrogens with two attached hydrogens (primary N) is 1. The molecule has 2 N–H and O–H groups in total. The van der Waals surface area contributed by atoms with Crippen molar-refractivity contribution in [3.63, 3.8) is 0 Å². The number of rotatable bonds is 3. The van der Waals surface area contributed by atoms with Crippen LogP contribution >= 0.6 is 0 Å². The van der Waals surface area contributed by atoms with Crippen molar-refractivity contribution in [1.29, 1.82) is 0 Å². The van der Waals surface area contributed by atoms with Gasteiger partial charge in [-0.2, -0.15) is 22.0 Å². The van der Waals surface area contributed by atoms with Gasteiger partial charge in [0.15, 0.2) is 0 Å². The van der Waals surface area contributed by atoms with Crippen molar-refractivity contribution >= 4 is 0 Å². The summed E-state index contributed by atoms with van der Waals surface area (Å²) in [4.78, 5) is 0. The lowest BCUT2D eigenvalue weighted by Crippen LogP contribution is -2.56. The van der Waals surface area contributed by atoms with Crippen molar-refractivity contribution in [3.8, 4) is 0 Å². The Labute approximate surface area is 78.5 Å². The molecule has 1 aliphatic rings. The van der Waals surface area contributed by atoms with Crippen LogP contribution in [0.2, 0.25) is 0 Å². The van der Waals surface area contributed by atoms with Crippen LogP contribution in [0.3, 0.4) is 0 Å². The van der Waals surface area contributed by atoms with Crippen LogP contribution in [0, 0.1) is 5.41 Å². The number of hydrogen-bond acceptors (Lipinski definition) is 1. The van der Waals surface area contributed by atoms with Gasteiger partial charge in [0.05, 0.1) is 0 Å². The zero-order chi connectivity index (χ0) is 11.0. The van der Waals surface area contributed by atoms with Gasteiger partial charge in [-0.15, -0.1) is 0 Å². The summed E-state index contributed by atoms with van der Waals surface area (Å²) < 4.78 is 62.3. The van der Waals surface area contributed by atoms with E-state index in [-0.39, 0.29) is 25.8 Å². The highest BCUT2D eigenvalue weighted by Gasteiger charge is 2.70. The smallest absolute Gasteiger partial charge is 0.330 e. The topological polar surface area (TPSA) is 26.0 Å². The summed E-state index contributed by atoms with van der Waals surface area (Å²) in [5.74, 6) is -4.60. The first-order valence-corrected chi connectivity index (χ1v) is 4.41. The fourth-order valence-corrected chi connectivity index (χ4v) is 1.90. The number of halogens is 5. The highest BCUT2D eigenvalue weighted by atomic mass is 19.4. The van der Waals surface area contributed by atoms with E-state index in [1.165, 1.54) is 0 Å². The lowest BCUT2D eigenvalue weighted by molar-refractivity contribution is -0.340. The van der Waals surface area contributed by atoms with Gasteiger partial charge in [0.25, 0.3) is 0 Å². The predicted molar refractivity (Wildman–Crippen MR) is 41.0 cm³/mol. The van der Waals surface area contributed by atoms with Crippen LogP contribution in [-0.4, -0.2) is 18.6 Å². The molecule has 84 valence electrons. The summed E-state index contributed by atoms with van der Waals surface area (Å²) >= 11 is 0. The van der Waals surface area contributed by atoms with Crippen LogP contribution < -0.4 is 5.73 Å². The minimum absolute atomic E-state index is 0.0866. The molecule has 1 aliphatic carbocycles. The van der Waals surface area contributed by atoms with Crippen molar-refractivity contribution in [1.82, 2.24) is 0 Å². The predicted octanol–water partition coefficient (Wildman–Crippen LogP) is 2.70. The molecule has 0 aromatic carbocycles. The van der Waals surface area contributed by atoms with E-state index in [9.17, 15) is 22.0 Å². The molecule has 0 spiro atoms. The molecule has 0 aliphatic heterocycles. The molecule has 0 aromatic heterocycles. The van der Waals surface area contributed by atoms with E-state index in [1.54, 1.807) is 0 Å². The number of alkyl halides is 5. The van der Waals surface area contributed by atoms with Crippen LogP contribution in [0.25, 0.3) is 0 Å². The molecule has 0 atom stereocenters. The van der Waals surface area contributed by atoms with Crippen molar-refractivity contribution in [2.24, 2.45) is 11.1 Å². The van der Waals surface area contributed by atoms with E-state index >= 15 is 0 Å². The third-order valence-corrected chi connectivity index (χ3v) is 2.96. The molecule has 6 heteroatoms. The van der Waals surface area contributed by atoms with Crippen molar-refractivity contribution < 1.29 is 22.0 Å². The minimum atomic E-state index is -5.46. The fraction of sp³-hybridized carbons (Fsp3) is 1.00. The molecule has 1 rings (SSSR count). The van der Waals surface area contributed by atoms with E-state index in [1.807, 2.05) is 0 Å². The van der Waals surface area contributed by atoms with Crippen LogP contribution in [0.1, 0.15) is 25.7 Å². The third-order valence-electron chi connectivity index (χ3n) is 2.96. The third kappa shape index (κ3) is 1.49. The zero-order valence-electron chi connectivity index (χ0n) is 7.50. The SMILES string of the molecule is NCCC1(C(F)(F)C(F)(F)F)CCC1. The lowest BCUT2D eigenvalue weighted by atomic mass is 9.62. The zero-order valence-corrected chi connectivity index (χ0v) is 7.50. The molecule has 0 amide bonds. The van der Waals surface area contributed by atoms with Gasteiger partial charge < -0.3 is 5.73 Å². The van der Waals surface area contributed by atoms with Crippen LogP contribution in [0.4, 0.5) is 22.0 Å². The van der Waals surface area contributed by atoms with E-state index in [0.29, 0.717) is 6.42 Å². The minimum Gasteiger partial charge on any atom is -0.330 e. The van der Waals surface area contributed by atoms with Crippen molar-refractivity contribution in [2.45, 2.75) is 37.8 Å². The Morgan fingerprint density at radius 1 is 1.07 bits per heavy atom. The second-order valence-corrected chi connectivity index (χ2v) is 3.74. The molecule has 0 radical (unpaired) electrons. The molecule has 0 bridgehead atoms. The van der Waals surface area contributed by atoms with Crippen LogP contribution in [0.5, 0.6) is 0 Å². The molecule has 0 aromatic rings. The molecule has 0 saturated heterocycles. The Balaban J connectivity index is 2.88. The monoisotopic (exact) mass is 217 g/mol. The van der Waals surface area contributed by atoms with E-state index in [2.05, 4.69) is 0 Å². The van der Waals surface area contributed by atoms with Crippen LogP contribution in [-0.2, 0) is 0 Å².